The zero-order valence-electron chi connectivity index (χ0n) is 11.5. The normalized spacial score (nSPS) is 15.9. The lowest BCUT2D eigenvalue weighted by Crippen LogP contribution is -2.50. The van der Waals surface area contributed by atoms with Crippen LogP contribution in [0, 0.1) is 0 Å². The van der Waals surface area contributed by atoms with Crippen molar-refractivity contribution in [3.05, 3.63) is 23.2 Å². The van der Waals surface area contributed by atoms with Crippen LogP contribution in [0.1, 0.15) is 19.3 Å². The van der Waals surface area contributed by atoms with Gasteiger partial charge in [-0.15, -0.1) is 0 Å². The molecule has 0 spiro atoms. The number of rotatable bonds is 6. The molecule has 21 heavy (non-hydrogen) atoms. The van der Waals surface area contributed by atoms with Crippen LogP contribution in [0.3, 0.4) is 0 Å². The molecule has 0 saturated heterocycles. The van der Waals surface area contributed by atoms with E-state index in [2.05, 4.69) is 5.32 Å². The van der Waals surface area contributed by atoms with Gasteiger partial charge in [0.05, 0.1) is 5.02 Å². The van der Waals surface area contributed by atoms with E-state index in [1.54, 1.807) is 6.07 Å². The van der Waals surface area contributed by atoms with E-state index in [1.165, 1.54) is 19.2 Å². The first-order chi connectivity index (χ1) is 9.97. The molecule has 7 heteroatoms. The Morgan fingerprint density at radius 3 is 2.62 bits per heavy atom. The van der Waals surface area contributed by atoms with Crippen LogP contribution in [0.2, 0.25) is 5.02 Å². The van der Waals surface area contributed by atoms with Gasteiger partial charge in [-0.1, -0.05) is 11.6 Å². The minimum Gasteiger partial charge on any atom is -0.480 e. The maximum absolute atomic E-state index is 12.2. The number of carboxylic acids is 1. The monoisotopic (exact) mass is 313 g/mol. The van der Waals surface area contributed by atoms with E-state index in [4.69, 9.17) is 26.2 Å². The molecule has 1 aromatic carbocycles. The van der Waals surface area contributed by atoms with Crippen molar-refractivity contribution in [3.8, 4) is 5.75 Å². The van der Waals surface area contributed by atoms with E-state index >= 15 is 0 Å². The van der Waals surface area contributed by atoms with Gasteiger partial charge in [-0.2, -0.15) is 0 Å². The topological polar surface area (TPSA) is 84.9 Å². The third-order valence-electron chi connectivity index (χ3n) is 3.51. The van der Waals surface area contributed by atoms with Gasteiger partial charge in [0.15, 0.2) is 6.61 Å². The summed E-state index contributed by atoms with van der Waals surface area (Å²) in [4.78, 5) is 22.6. The molecule has 0 aromatic heterocycles. The summed E-state index contributed by atoms with van der Waals surface area (Å²) in [6, 6.07) is 4.63. The molecule has 1 aromatic rings. The van der Waals surface area contributed by atoms with Crippen molar-refractivity contribution >= 4 is 29.2 Å². The molecule has 1 aliphatic rings. The third kappa shape index (κ3) is 3.46. The lowest BCUT2D eigenvalue weighted by Gasteiger charge is -2.38. The zero-order valence-corrected chi connectivity index (χ0v) is 12.3. The summed E-state index contributed by atoms with van der Waals surface area (Å²) in [6.45, 7) is -0.474. The Kier molecular flexibility index (Phi) is 4.69. The van der Waals surface area contributed by atoms with Crippen molar-refractivity contribution in [1.29, 1.82) is 0 Å². The highest BCUT2D eigenvalue weighted by Crippen LogP contribution is 2.36. The Morgan fingerprint density at radius 1 is 1.43 bits per heavy atom. The second-order valence-electron chi connectivity index (χ2n) is 4.83. The Labute approximate surface area is 127 Å². The SMILES string of the molecule is COC1(C(=O)Nc2ccc(OCC(=O)O)c(Cl)c2)CCC1. The number of hydrogen-bond acceptors (Lipinski definition) is 4. The van der Waals surface area contributed by atoms with Crippen molar-refractivity contribution in [3.63, 3.8) is 0 Å². The molecule has 1 aliphatic carbocycles. The summed E-state index contributed by atoms with van der Waals surface area (Å²) < 4.78 is 10.3. The first kappa shape index (κ1) is 15.6. The number of carboxylic acid groups (broad SMARTS) is 1. The van der Waals surface area contributed by atoms with Crippen molar-refractivity contribution in [2.75, 3.05) is 19.0 Å². The molecule has 0 bridgehead atoms. The summed E-state index contributed by atoms with van der Waals surface area (Å²) in [5, 5.41) is 11.5. The summed E-state index contributed by atoms with van der Waals surface area (Å²) >= 11 is 5.99. The fourth-order valence-corrected chi connectivity index (χ4v) is 2.34. The van der Waals surface area contributed by atoms with Crippen molar-refractivity contribution < 1.29 is 24.2 Å². The molecule has 0 atom stereocenters. The number of hydrogen-bond donors (Lipinski definition) is 2. The number of aliphatic carboxylic acids is 1. The van der Waals surface area contributed by atoms with Crippen LogP contribution in [-0.2, 0) is 14.3 Å². The molecule has 1 saturated carbocycles. The molecule has 1 fully saturated rings. The van der Waals surface area contributed by atoms with Gasteiger partial charge in [0.25, 0.3) is 5.91 Å². The maximum Gasteiger partial charge on any atom is 0.341 e. The van der Waals surface area contributed by atoms with Gasteiger partial charge in [0.2, 0.25) is 0 Å². The van der Waals surface area contributed by atoms with E-state index in [0.717, 1.165) is 6.42 Å². The first-order valence-electron chi connectivity index (χ1n) is 6.47. The number of methoxy groups -OCH3 is 1. The van der Waals surface area contributed by atoms with E-state index in [1.807, 2.05) is 0 Å². The average molecular weight is 314 g/mol. The zero-order chi connectivity index (χ0) is 15.5. The number of carbonyl (C=O) groups is 2. The van der Waals surface area contributed by atoms with Crippen LogP contribution in [0.15, 0.2) is 18.2 Å². The summed E-state index contributed by atoms with van der Waals surface area (Å²) in [5.41, 5.74) is -0.235. The fourth-order valence-electron chi connectivity index (χ4n) is 2.10. The Bertz CT molecular complexity index is 551. The molecule has 114 valence electrons. The molecule has 2 rings (SSSR count). The summed E-state index contributed by atoms with van der Waals surface area (Å²) in [7, 11) is 1.52. The first-order valence-corrected chi connectivity index (χ1v) is 6.85. The highest BCUT2D eigenvalue weighted by molar-refractivity contribution is 6.32. The number of carbonyl (C=O) groups excluding carboxylic acids is 1. The standard InChI is InChI=1S/C14H16ClNO5/c1-20-14(5-2-6-14)13(19)16-9-3-4-11(10(15)7-9)21-8-12(17)18/h3-4,7H,2,5-6,8H2,1H3,(H,16,19)(H,17,18). The molecular formula is C14H16ClNO5. The van der Waals surface area contributed by atoms with Crippen LogP contribution >= 0.6 is 11.6 Å². The van der Waals surface area contributed by atoms with E-state index in [9.17, 15) is 9.59 Å². The van der Waals surface area contributed by atoms with Crippen molar-refractivity contribution in [1.82, 2.24) is 0 Å². The number of benzene rings is 1. The molecule has 0 heterocycles. The molecule has 0 aliphatic heterocycles. The van der Waals surface area contributed by atoms with Gasteiger partial charge < -0.3 is 19.9 Å². The van der Waals surface area contributed by atoms with Gasteiger partial charge in [0.1, 0.15) is 11.4 Å². The van der Waals surface area contributed by atoms with Crippen molar-refractivity contribution in [2.24, 2.45) is 0 Å². The van der Waals surface area contributed by atoms with Crippen LogP contribution in [0.25, 0.3) is 0 Å². The molecule has 0 radical (unpaired) electrons. The van der Waals surface area contributed by atoms with Crippen LogP contribution in [0.5, 0.6) is 5.75 Å². The number of anilines is 1. The predicted octanol–water partition coefficient (Wildman–Crippen LogP) is 2.31. The highest BCUT2D eigenvalue weighted by atomic mass is 35.5. The molecule has 6 nitrogen and oxygen atoms in total. The lowest BCUT2D eigenvalue weighted by atomic mass is 9.79. The van der Waals surface area contributed by atoms with Crippen LogP contribution in [0.4, 0.5) is 5.69 Å². The lowest BCUT2D eigenvalue weighted by molar-refractivity contribution is -0.148. The third-order valence-corrected chi connectivity index (χ3v) is 3.80. The fraction of sp³-hybridized carbons (Fsp3) is 0.429. The van der Waals surface area contributed by atoms with Gasteiger partial charge in [0, 0.05) is 12.8 Å². The second kappa shape index (κ2) is 6.32. The quantitative estimate of drug-likeness (QED) is 0.842. The smallest absolute Gasteiger partial charge is 0.341 e. The van der Waals surface area contributed by atoms with E-state index in [-0.39, 0.29) is 16.7 Å². The second-order valence-corrected chi connectivity index (χ2v) is 5.24. The molecule has 0 unspecified atom stereocenters. The number of nitrogens with one attached hydrogen (secondary N) is 1. The Balaban J connectivity index is 2.03. The number of halogens is 1. The molecular weight excluding hydrogens is 298 g/mol. The maximum atomic E-state index is 12.2. The highest BCUT2D eigenvalue weighted by Gasteiger charge is 2.44. The molecule has 2 N–H and O–H groups in total. The Hall–Kier alpha value is -1.79. The molecule has 1 amide bonds. The summed E-state index contributed by atoms with van der Waals surface area (Å²) in [5.74, 6) is -1.04. The van der Waals surface area contributed by atoms with Crippen LogP contribution < -0.4 is 10.1 Å². The minimum absolute atomic E-state index is 0.202. The largest absolute Gasteiger partial charge is 0.480 e. The van der Waals surface area contributed by atoms with Crippen molar-refractivity contribution in [2.45, 2.75) is 24.9 Å². The van der Waals surface area contributed by atoms with Gasteiger partial charge in [-0.25, -0.2) is 4.79 Å². The van der Waals surface area contributed by atoms with Gasteiger partial charge >= 0.3 is 5.97 Å². The van der Waals surface area contributed by atoms with Crippen LogP contribution in [-0.4, -0.2) is 36.3 Å². The average Bonchev–Trinajstić information content (AvgIpc) is 2.37. The van der Waals surface area contributed by atoms with Gasteiger partial charge in [-0.3, -0.25) is 4.79 Å². The van der Waals surface area contributed by atoms with E-state index < -0.39 is 18.2 Å². The van der Waals surface area contributed by atoms with E-state index in [0.29, 0.717) is 18.5 Å². The van der Waals surface area contributed by atoms with Gasteiger partial charge in [-0.05, 0) is 37.5 Å². The number of ether oxygens (including phenoxy) is 2. The minimum atomic E-state index is -1.09. The Morgan fingerprint density at radius 2 is 2.14 bits per heavy atom. The predicted molar refractivity (Wildman–Crippen MR) is 76.8 cm³/mol. The number of amides is 1. The summed E-state index contributed by atoms with van der Waals surface area (Å²) in [6.07, 6.45) is 2.36.